The second-order valence-electron chi connectivity index (χ2n) is 6.37. The smallest absolute Gasteiger partial charge is 0.251 e. The van der Waals surface area contributed by atoms with Gasteiger partial charge >= 0.3 is 0 Å². The van der Waals surface area contributed by atoms with E-state index < -0.39 is 0 Å². The fraction of sp³-hybridized carbons (Fsp3) is 0.333. The molecule has 24 heavy (non-hydrogen) atoms. The van der Waals surface area contributed by atoms with E-state index in [0.717, 1.165) is 10.3 Å². The number of benzene rings is 1. The molecule has 0 radical (unpaired) electrons. The summed E-state index contributed by atoms with van der Waals surface area (Å²) in [4.78, 5) is 12.2. The maximum Gasteiger partial charge on any atom is 0.251 e. The SMILES string of the molecule is COc1ccc(C(C)(C)C)cc1NC(=O)CSc1cccc[n+]1[O-]. The number of hydrogen-bond acceptors (Lipinski definition) is 4. The molecule has 0 fully saturated rings. The van der Waals surface area contributed by atoms with Crippen molar-refractivity contribution < 1.29 is 14.3 Å². The number of anilines is 1. The van der Waals surface area contributed by atoms with Crippen LogP contribution in [0.4, 0.5) is 5.69 Å². The third-order valence-electron chi connectivity index (χ3n) is 3.48. The van der Waals surface area contributed by atoms with Gasteiger partial charge in [-0.15, -0.1) is 0 Å². The predicted octanol–water partition coefficient (Wildman–Crippen LogP) is 3.36. The Hall–Kier alpha value is -2.21. The summed E-state index contributed by atoms with van der Waals surface area (Å²) < 4.78 is 6.07. The molecule has 2 rings (SSSR count). The van der Waals surface area contributed by atoms with Gasteiger partial charge in [0.05, 0.1) is 18.6 Å². The third-order valence-corrected chi connectivity index (χ3v) is 4.50. The van der Waals surface area contributed by atoms with Gasteiger partial charge in [-0.3, -0.25) is 4.79 Å². The van der Waals surface area contributed by atoms with Crippen LogP contribution in [0.5, 0.6) is 5.75 Å². The van der Waals surface area contributed by atoms with Gasteiger partial charge in [-0.05, 0) is 40.9 Å². The lowest BCUT2D eigenvalue weighted by molar-refractivity contribution is -0.645. The third kappa shape index (κ3) is 4.64. The quantitative estimate of drug-likeness (QED) is 0.512. The minimum atomic E-state index is -0.187. The number of aromatic nitrogens is 1. The molecule has 1 amide bonds. The lowest BCUT2D eigenvalue weighted by Gasteiger charge is -2.21. The van der Waals surface area contributed by atoms with E-state index in [1.54, 1.807) is 25.3 Å². The zero-order chi connectivity index (χ0) is 17.7. The number of thioether (sulfide) groups is 1. The summed E-state index contributed by atoms with van der Waals surface area (Å²) in [6.45, 7) is 6.33. The van der Waals surface area contributed by atoms with Crippen LogP contribution in [0.1, 0.15) is 26.3 Å². The van der Waals surface area contributed by atoms with E-state index in [1.165, 1.54) is 18.0 Å². The Morgan fingerprint density at radius 3 is 2.67 bits per heavy atom. The number of pyridine rings is 1. The number of carbonyl (C=O) groups is 1. The van der Waals surface area contributed by atoms with Crippen molar-refractivity contribution in [2.45, 2.75) is 31.2 Å². The van der Waals surface area contributed by atoms with Crippen LogP contribution in [0.15, 0.2) is 47.6 Å². The van der Waals surface area contributed by atoms with Gasteiger partial charge in [-0.25, -0.2) is 0 Å². The molecule has 0 saturated heterocycles. The van der Waals surface area contributed by atoms with Crippen LogP contribution in [-0.4, -0.2) is 18.8 Å². The van der Waals surface area contributed by atoms with Gasteiger partial charge in [-0.1, -0.05) is 26.8 Å². The molecule has 1 heterocycles. The van der Waals surface area contributed by atoms with E-state index in [2.05, 4.69) is 26.1 Å². The molecule has 1 aromatic carbocycles. The van der Waals surface area contributed by atoms with Crippen molar-refractivity contribution in [3.05, 3.63) is 53.4 Å². The minimum absolute atomic E-state index is 0.0291. The maximum absolute atomic E-state index is 12.2. The average Bonchev–Trinajstić information content (AvgIpc) is 2.53. The predicted molar refractivity (Wildman–Crippen MR) is 96.4 cm³/mol. The number of ether oxygens (including phenoxy) is 1. The molecule has 2 aromatic rings. The fourth-order valence-corrected chi connectivity index (χ4v) is 2.84. The van der Waals surface area contributed by atoms with E-state index in [0.29, 0.717) is 16.5 Å². The Morgan fingerprint density at radius 2 is 2.04 bits per heavy atom. The first-order valence-corrected chi connectivity index (χ1v) is 8.59. The fourth-order valence-electron chi connectivity index (χ4n) is 2.12. The second-order valence-corrected chi connectivity index (χ2v) is 7.36. The first-order chi connectivity index (χ1) is 11.3. The Kier molecular flexibility index (Phi) is 5.72. The molecule has 0 aliphatic carbocycles. The lowest BCUT2D eigenvalue weighted by Crippen LogP contribution is -2.28. The van der Waals surface area contributed by atoms with Gasteiger partial charge in [0.2, 0.25) is 5.91 Å². The number of hydrogen-bond donors (Lipinski definition) is 1. The summed E-state index contributed by atoms with van der Waals surface area (Å²) in [5.74, 6) is 0.572. The first kappa shape index (κ1) is 18.1. The van der Waals surface area contributed by atoms with Gasteiger partial charge in [0.15, 0.2) is 6.20 Å². The maximum atomic E-state index is 12.2. The second kappa shape index (κ2) is 7.57. The summed E-state index contributed by atoms with van der Waals surface area (Å²) in [7, 11) is 1.57. The Labute approximate surface area is 146 Å². The summed E-state index contributed by atoms with van der Waals surface area (Å²) in [6.07, 6.45) is 1.41. The van der Waals surface area contributed by atoms with Crippen molar-refractivity contribution in [1.82, 2.24) is 0 Å². The molecule has 0 saturated carbocycles. The van der Waals surface area contributed by atoms with Crippen LogP contribution >= 0.6 is 11.8 Å². The zero-order valence-electron chi connectivity index (χ0n) is 14.3. The topological polar surface area (TPSA) is 65.3 Å². The molecular formula is C18H22N2O3S. The van der Waals surface area contributed by atoms with E-state index in [4.69, 9.17) is 4.74 Å². The highest BCUT2D eigenvalue weighted by atomic mass is 32.2. The van der Waals surface area contributed by atoms with Crippen LogP contribution in [0, 0.1) is 5.21 Å². The molecule has 5 nitrogen and oxygen atoms in total. The van der Waals surface area contributed by atoms with Crippen molar-refractivity contribution in [1.29, 1.82) is 0 Å². The number of methoxy groups -OCH3 is 1. The lowest BCUT2D eigenvalue weighted by atomic mass is 9.87. The molecule has 0 aliphatic heterocycles. The summed E-state index contributed by atoms with van der Waals surface area (Å²) in [5, 5.41) is 14.9. The Bertz CT molecular complexity index is 726. The number of carbonyl (C=O) groups excluding carboxylic acids is 1. The summed E-state index contributed by atoms with van der Waals surface area (Å²) in [6, 6.07) is 10.9. The van der Waals surface area contributed by atoms with Crippen molar-refractivity contribution >= 4 is 23.4 Å². The largest absolute Gasteiger partial charge is 0.618 e. The van der Waals surface area contributed by atoms with E-state index in [-0.39, 0.29) is 17.1 Å². The number of nitrogens with zero attached hydrogens (tertiary/aromatic N) is 1. The van der Waals surface area contributed by atoms with Crippen LogP contribution in [0.3, 0.4) is 0 Å². The van der Waals surface area contributed by atoms with Gasteiger partial charge in [0, 0.05) is 12.1 Å². The summed E-state index contributed by atoms with van der Waals surface area (Å²) >= 11 is 1.20. The number of nitrogens with one attached hydrogen (secondary N) is 1. The highest BCUT2D eigenvalue weighted by Crippen LogP contribution is 2.31. The molecular weight excluding hydrogens is 324 g/mol. The van der Waals surface area contributed by atoms with Gasteiger partial charge in [0.25, 0.3) is 5.03 Å². The average molecular weight is 346 g/mol. The normalized spacial score (nSPS) is 11.2. The zero-order valence-corrected chi connectivity index (χ0v) is 15.1. The molecule has 0 bridgehead atoms. The van der Waals surface area contributed by atoms with Crippen LogP contribution in [0.25, 0.3) is 0 Å². The molecule has 0 atom stereocenters. The monoisotopic (exact) mass is 346 g/mol. The molecule has 1 aromatic heterocycles. The Balaban J connectivity index is 2.09. The highest BCUT2D eigenvalue weighted by molar-refractivity contribution is 7.99. The van der Waals surface area contributed by atoms with Crippen molar-refractivity contribution in [2.24, 2.45) is 0 Å². The number of amides is 1. The molecule has 0 unspecified atom stereocenters. The molecule has 0 aliphatic rings. The van der Waals surface area contributed by atoms with Crippen LogP contribution in [-0.2, 0) is 10.2 Å². The minimum Gasteiger partial charge on any atom is -0.618 e. The van der Waals surface area contributed by atoms with Gasteiger partial charge in [-0.2, -0.15) is 4.73 Å². The number of rotatable bonds is 5. The van der Waals surface area contributed by atoms with Crippen molar-refractivity contribution in [3.8, 4) is 5.75 Å². The standard InChI is InChI=1S/C18H22N2O3S/c1-18(2,3)13-8-9-15(23-4)14(11-13)19-16(21)12-24-17-7-5-6-10-20(17)22/h5-11H,12H2,1-4H3,(H,19,21). The van der Waals surface area contributed by atoms with Crippen LogP contribution < -0.4 is 14.8 Å². The van der Waals surface area contributed by atoms with Crippen molar-refractivity contribution in [3.63, 3.8) is 0 Å². The Morgan fingerprint density at radius 1 is 1.29 bits per heavy atom. The molecule has 128 valence electrons. The first-order valence-electron chi connectivity index (χ1n) is 7.60. The van der Waals surface area contributed by atoms with E-state index >= 15 is 0 Å². The van der Waals surface area contributed by atoms with Crippen molar-refractivity contribution in [2.75, 3.05) is 18.2 Å². The van der Waals surface area contributed by atoms with Gasteiger partial charge < -0.3 is 15.3 Å². The highest BCUT2D eigenvalue weighted by Gasteiger charge is 2.17. The van der Waals surface area contributed by atoms with Crippen LogP contribution in [0.2, 0.25) is 0 Å². The molecule has 1 N–H and O–H groups in total. The molecule has 6 heteroatoms. The molecule has 0 spiro atoms. The van der Waals surface area contributed by atoms with Gasteiger partial charge in [0.1, 0.15) is 5.75 Å². The van der Waals surface area contributed by atoms with E-state index in [1.807, 2.05) is 18.2 Å². The summed E-state index contributed by atoms with van der Waals surface area (Å²) in [5.41, 5.74) is 1.71. The van der Waals surface area contributed by atoms with E-state index in [9.17, 15) is 10.0 Å².